The van der Waals surface area contributed by atoms with Gasteiger partial charge in [0.2, 0.25) is 0 Å². The van der Waals surface area contributed by atoms with Gasteiger partial charge in [0.25, 0.3) is 0 Å². The average Bonchev–Trinajstić information content (AvgIpc) is 2.62. The Morgan fingerprint density at radius 1 is 1.19 bits per heavy atom. The van der Waals surface area contributed by atoms with Crippen molar-refractivity contribution in [2.75, 3.05) is 6.54 Å². The lowest BCUT2D eigenvalue weighted by Gasteiger charge is -2.29. The number of halogens is 1. The topological polar surface area (TPSA) is 66.8 Å². The Hall–Kier alpha value is -2.89. The normalized spacial score (nSPS) is 11.7. The van der Waals surface area contributed by atoms with Gasteiger partial charge in [0.05, 0.1) is 0 Å². The van der Waals surface area contributed by atoms with E-state index in [1.165, 1.54) is 12.1 Å². The minimum atomic E-state index is -1.31. The summed E-state index contributed by atoms with van der Waals surface area (Å²) in [4.78, 5) is 25.6. The number of carbonyl (C=O) groups is 2. The maximum atomic E-state index is 13.7. The van der Waals surface area contributed by atoms with E-state index in [1.807, 2.05) is 37.3 Å². The molecule has 0 heterocycles. The maximum absolute atomic E-state index is 13.7. The SMILES string of the molecule is CCCN(C(=O)OCc1ccccc1)C(C(=O)O)c1cc(F)ccc1C. The fourth-order valence-electron chi connectivity index (χ4n) is 2.71. The summed E-state index contributed by atoms with van der Waals surface area (Å²) in [6.45, 7) is 3.73. The summed E-state index contributed by atoms with van der Waals surface area (Å²) in [6.07, 6.45) is -0.203. The van der Waals surface area contributed by atoms with Gasteiger partial charge in [0, 0.05) is 6.54 Å². The van der Waals surface area contributed by atoms with E-state index in [0.717, 1.165) is 16.5 Å². The van der Waals surface area contributed by atoms with Crippen molar-refractivity contribution in [3.63, 3.8) is 0 Å². The lowest BCUT2D eigenvalue weighted by molar-refractivity contribution is -0.143. The largest absolute Gasteiger partial charge is 0.479 e. The molecule has 2 aromatic rings. The number of carboxylic acids is 1. The van der Waals surface area contributed by atoms with Crippen LogP contribution in [0.25, 0.3) is 0 Å². The first-order valence-corrected chi connectivity index (χ1v) is 8.40. The molecule has 0 saturated carbocycles. The molecule has 26 heavy (non-hydrogen) atoms. The van der Waals surface area contributed by atoms with E-state index in [2.05, 4.69) is 0 Å². The molecule has 1 atom stereocenters. The highest BCUT2D eigenvalue weighted by Crippen LogP contribution is 2.26. The number of benzene rings is 2. The summed E-state index contributed by atoms with van der Waals surface area (Å²) in [5, 5.41) is 9.70. The summed E-state index contributed by atoms with van der Waals surface area (Å²) in [5.74, 6) is -1.78. The van der Waals surface area contributed by atoms with Crippen molar-refractivity contribution in [1.29, 1.82) is 0 Å². The highest BCUT2D eigenvalue weighted by molar-refractivity contribution is 5.82. The summed E-state index contributed by atoms with van der Waals surface area (Å²) >= 11 is 0. The van der Waals surface area contributed by atoms with Crippen molar-refractivity contribution >= 4 is 12.1 Å². The van der Waals surface area contributed by atoms with E-state index in [9.17, 15) is 19.1 Å². The molecule has 0 aliphatic heterocycles. The molecule has 2 aromatic carbocycles. The van der Waals surface area contributed by atoms with Crippen molar-refractivity contribution in [3.05, 3.63) is 71.0 Å². The molecule has 0 bridgehead atoms. The van der Waals surface area contributed by atoms with Gasteiger partial charge >= 0.3 is 12.1 Å². The second kappa shape index (κ2) is 8.99. The van der Waals surface area contributed by atoms with Gasteiger partial charge in [0.1, 0.15) is 12.4 Å². The third kappa shape index (κ3) is 4.81. The molecule has 1 unspecified atom stereocenters. The highest BCUT2D eigenvalue weighted by Gasteiger charge is 2.33. The minimum absolute atomic E-state index is 0.0361. The van der Waals surface area contributed by atoms with E-state index >= 15 is 0 Å². The molecule has 1 amide bonds. The van der Waals surface area contributed by atoms with E-state index in [1.54, 1.807) is 6.92 Å². The number of hydrogen-bond acceptors (Lipinski definition) is 3. The Balaban J connectivity index is 2.27. The Kier molecular flexibility index (Phi) is 6.72. The lowest BCUT2D eigenvalue weighted by atomic mass is 9.99. The zero-order valence-corrected chi connectivity index (χ0v) is 14.8. The van der Waals surface area contributed by atoms with Gasteiger partial charge in [-0.1, -0.05) is 43.3 Å². The van der Waals surface area contributed by atoms with Crippen LogP contribution in [-0.2, 0) is 16.1 Å². The molecular weight excluding hydrogens is 337 g/mol. The van der Waals surface area contributed by atoms with Crippen LogP contribution in [0.2, 0.25) is 0 Å². The second-order valence-corrected chi connectivity index (χ2v) is 5.98. The van der Waals surface area contributed by atoms with Crippen LogP contribution in [0.1, 0.15) is 36.1 Å². The van der Waals surface area contributed by atoms with E-state index in [-0.39, 0.29) is 18.7 Å². The Morgan fingerprint density at radius 2 is 1.88 bits per heavy atom. The quantitative estimate of drug-likeness (QED) is 0.800. The Bertz CT molecular complexity index is 764. The van der Waals surface area contributed by atoms with Gasteiger partial charge in [-0.05, 0) is 42.2 Å². The van der Waals surface area contributed by atoms with Crippen LogP contribution in [-0.4, -0.2) is 28.6 Å². The van der Waals surface area contributed by atoms with Gasteiger partial charge in [-0.15, -0.1) is 0 Å². The number of amides is 1. The number of ether oxygens (including phenoxy) is 1. The highest BCUT2D eigenvalue weighted by atomic mass is 19.1. The number of aliphatic carboxylic acids is 1. The van der Waals surface area contributed by atoms with Crippen LogP contribution >= 0.6 is 0 Å². The number of carboxylic acid groups (broad SMARTS) is 1. The summed E-state index contributed by atoms with van der Waals surface area (Å²) < 4.78 is 19.0. The van der Waals surface area contributed by atoms with Gasteiger partial charge in [-0.25, -0.2) is 14.0 Å². The molecule has 0 fully saturated rings. The van der Waals surface area contributed by atoms with Gasteiger partial charge in [-0.3, -0.25) is 4.90 Å². The summed E-state index contributed by atoms with van der Waals surface area (Å²) in [7, 11) is 0. The Labute approximate surface area is 152 Å². The molecule has 0 spiro atoms. The van der Waals surface area contributed by atoms with Crippen LogP contribution in [0, 0.1) is 12.7 Å². The molecule has 2 rings (SSSR count). The molecule has 1 N–H and O–H groups in total. The molecule has 6 heteroatoms. The number of hydrogen-bond donors (Lipinski definition) is 1. The molecule has 0 aliphatic rings. The van der Waals surface area contributed by atoms with Crippen molar-refractivity contribution in [1.82, 2.24) is 4.90 Å². The fraction of sp³-hybridized carbons (Fsp3) is 0.300. The minimum Gasteiger partial charge on any atom is -0.479 e. The number of nitrogens with zero attached hydrogens (tertiary/aromatic N) is 1. The van der Waals surface area contributed by atoms with Crippen molar-refractivity contribution < 1.29 is 23.8 Å². The van der Waals surface area contributed by atoms with E-state index in [4.69, 9.17) is 4.74 Å². The fourth-order valence-corrected chi connectivity index (χ4v) is 2.71. The van der Waals surface area contributed by atoms with Crippen LogP contribution in [0.5, 0.6) is 0 Å². The smallest absolute Gasteiger partial charge is 0.411 e. The number of rotatable bonds is 7. The van der Waals surface area contributed by atoms with Crippen molar-refractivity contribution in [2.45, 2.75) is 32.9 Å². The molecule has 0 aromatic heterocycles. The van der Waals surface area contributed by atoms with E-state index in [0.29, 0.717) is 12.0 Å². The monoisotopic (exact) mass is 359 g/mol. The first-order chi connectivity index (χ1) is 12.4. The molecular formula is C20H22FNO4. The summed E-state index contributed by atoms with van der Waals surface area (Å²) in [6, 6.07) is 11.7. The van der Waals surface area contributed by atoms with Gasteiger partial charge in [0.15, 0.2) is 6.04 Å². The first kappa shape index (κ1) is 19.4. The number of aryl methyl sites for hydroxylation is 1. The van der Waals surface area contributed by atoms with Crippen LogP contribution in [0.15, 0.2) is 48.5 Å². The lowest BCUT2D eigenvalue weighted by Crippen LogP contribution is -2.40. The second-order valence-electron chi connectivity index (χ2n) is 5.98. The van der Waals surface area contributed by atoms with Gasteiger partial charge in [-0.2, -0.15) is 0 Å². The van der Waals surface area contributed by atoms with Crippen molar-refractivity contribution in [3.8, 4) is 0 Å². The predicted molar refractivity (Wildman–Crippen MR) is 95.1 cm³/mol. The van der Waals surface area contributed by atoms with E-state index < -0.39 is 23.9 Å². The third-order valence-corrected chi connectivity index (χ3v) is 3.99. The van der Waals surface area contributed by atoms with Crippen LogP contribution < -0.4 is 0 Å². The standard InChI is InChI=1S/C20H22FNO4/c1-3-11-22(20(25)26-13-15-7-5-4-6-8-15)18(19(23)24)17-12-16(21)10-9-14(17)2/h4-10,12,18H,3,11,13H2,1-2H3,(H,23,24). The third-order valence-electron chi connectivity index (χ3n) is 3.99. The zero-order valence-electron chi connectivity index (χ0n) is 14.8. The Morgan fingerprint density at radius 3 is 2.50 bits per heavy atom. The maximum Gasteiger partial charge on any atom is 0.411 e. The predicted octanol–water partition coefficient (Wildman–Crippen LogP) is 4.31. The van der Waals surface area contributed by atoms with Gasteiger partial charge < -0.3 is 9.84 Å². The zero-order chi connectivity index (χ0) is 19.1. The molecule has 0 radical (unpaired) electrons. The van der Waals surface area contributed by atoms with Crippen molar-refractivity contribution in [2.24, 2.45) is 0 Å². The van der Waals surface area contributed by atoms with Crippen LogP contribution in [0.3, 0.4) is 0 Å². The molecule has 0 saturated heterocycles. The summed E-state index contributed by atoms with van der Waals surface area (Å²) in [5.41, 5.74) is 1.63. The molecule has 0 aliphatic carbocycles. The average molecular weight is 359 g/mol. The molecule has 138 valence electrons. The van der Waals surface area contributed by atoms with Crippen LogP contribution in [0.4, 0.5) is 9.18 Å². The number of carbonyl (C=O) groups excluding carboxylic acids is 1. The molecule has 5 nitrogen and oxygen atoms in total. The first-order valence-electron chi connectivity index (χ1n) is 8.40.